The van der Waals surface area contributed by atoms with E-state index in [9.17, 15) is 9.90 Å². The lowest BCUT2D eigenvalue weighted by Crippen LogP contribution is -2.13. The summed E-state index contributed by atoms with van der Waals surface area (Å²) in [5, 5.41) is 10.7. The number of hydrogen-bond acceptors (Lipinski definition) is 1. The smallest absolute Gasteiger partial charge is 0.335 e. The number of fused-ring (bicyclic) bond motifs is 5. The topological polar surface area (TPSA) is 42.2 Å². The van der Waals surface area contributed by atoms with E-state index in [-0.39, 0.29) is 0 Å². The van der Waals surface area contributed by atoms with Crippen LogP contribution in [0.15, 0.2) is 42.5 Å². The Morgan fingerprint density at radius 3 is 2.65 bits per heavy atom. The molecule has 0 saturated heterocycles. The summed E-state index contributed by atoms with van der Waals surface area (Å²) in [5.41, 5.74) is 7.03. The van der Waals surface area contributed by atoms with Gasteiger partial charge in [0.05, 0.1) is 11.3 Å². The van der Waals surface area contributed by atoms with Gasteiger partial charge in [-0.15, -0.1) is 0 Å². The van der Waals surface area contributed by atoms with Gasteiger partial charge in [-0.1, -0.05) is 49.6 Å². The van der Waals surface area contributed by atoms with Crippen molar-refractivity contribution >= 4 is 16.9 Å². The first-order valence-electron chi connectivity index (χ1n) is 9.72. The predicted molar refractivity (Wildman–Crippen MR) is 104 cm³/mol. The maximum absolute atomic E-state index is 11.5. The number of rotatable bonds is 2. The van der Waals surface area contributed by atoms with Crippen LogP contribution in [0.2, 0.25) is 0 Å². The van der Waals surface area contributed by atoms with E-state index in [0.717, 1.165) is 18.5 Å². The second-order valence-corrected chi connectivity index (χ2v) is 7.69. The Morgan fingerprint density at radius 1 is 1.04 bits per heavy atom. The number of benzene rings is 2. The second-order valence-electron chi connectivity index (χ2n) is 7.69. The van der Waals surface area contributed by atoms with E-state index in [2.05, 4.69) is 34.9 Å². The highest BCUT2D eigenvalue weighted by atomic mass is 16.4. The third kappa shape index (κ3) is 2.30. The Bertz CT molecular complexity index is 1010. The highest BCUT2D eigenvalue weighted by Gasteiger charge is 2.29. The van der Waals surface area contributed by atoms with Gasteiger partial charge in [0.2, 0.25) is 0 Å². The molecular formula is C23H23NO2. The van der Waals surface area contributed by atoms with Gasteiger partial charge >= 0.3 is 5.97 Å². The lowest BCUT2D eigenvalue weighted by atomic mass is 9.81. The second kappa shape index (κ2) is 6.01. The molecule has 2 heterocycles. The zero-order valence-corrected chi connectivity index (χ0v) is 14.9. The molecule has 3 heteroatoms. The minimum Gasteiger partial charge on any atom is -0.478 e. The first kappa shape index (κ1) is 15.7. The summed E-state index contributed by atoms with van der Waals surface area (Å²) in [7, 11) is 0. The Hall–Kier alpha value is -2.55. The molecule has 1 aliphatic heterocycles. The van der Waals surface area contributed by atoms with Crippen molar-refractivity contribution in [1.82, 2.24) is 4.57 Å². The quantitative estimate of drug-likeness (QED) is 0.656. The van der Waals surface area contributed by atoms with Crippen LogP contribution in [0.25, 0.3) is 22.2 Å². The molecule has 1 fully saturated rings. The van der Waals surface area contributed by atoms with Crippen molar-refractivity contribution in [1.29, 1.82) is 0 Å². The Kier molecular flexibility index (Phi) is 3.63. The van der Waals surface area contributed by atoms with Crippen LogP contribution in [0.3, 0.4) is 0 Å². The highest BCUT2D eigenvalue weighted by molar-refractivity contribution is 5.98. The number of aryl methyl sites for hydroxylation is 2. The summed E-state index contributed by atoms with van der Waals surface area (Å²) in [6.45, 7) is 0.929. The van der Waals surface area contributed by atoms with Crippen LogP contribution in [-0.2, 0) is 13.0 Å². The number of carbonyl (C=O) groups is 1. The Balaban J connectivity index is 1.82. The monoisotopic (exact) mass is 345 g/mol. The summed E-state index contributed by atoms with van der Waals surface area (Å²) in [5.74, 6) is -0.262. The van der Waals surface area contributed by atoms with Crippen molar-refractivity contribution in [2.45, 2.75) is 51.0 Å². The molecule has 0 bridgehead atoms. The first-order chi connectivity index (χ1) is 12.7. The van der Waals surface area contributed by atoms with Crippen molar-refractivity contribution in [2.24, 2.45) is 0 Å². The van der Waals surface area contributed by atoms with E-state index in [4.69, 9.17) is 0 Å². The fourth-order valence-corrected chi connectivity index (χ4v) is 5.04. The maximum Gasteiger partial charge on any atom is 0.335 e. The highest BCUT2D eigenvalue weighted by Crippen LogP contribution is 2.46. The lowest BCUT2D eigenvalue weighted by molar-refractivity contribution is 0.0697. The zero-order valence-electron chi connectivity index (χ0n) is 14.9. The molecule has 2 aromatic carbocycles. The molecule has 0 unspecified atom stereocenters. The van der Waals surface area contributed by atoms with E-state index in [0.29, 0.717) is 11.5 Å². The molecule has 0 radical (unpaired) electrons. The molecule has 3 aromatic rings. The van der Waals surface area contributed by atoms with Gasteiger partial charge in [-0.2, -0.15) is 0 Å². The van der Waals surface area contributed by atoms with E-state index in [1.54, 1.807) is 6.07 Å². The number of carboxylic acid groups (broad SMARTS) is 1. The fourth-order valence-electron chi connectivity index (χ4n) is 5.04. The van der Waals surface area contributed by atoms with Crippen LogP contribution in [0.1, 0.15) is 59.5 Å². The molecular weight excluding hydrogens is 322 g/mol. The average Bonchev–Trinajstić information content (AvgIpc) is 3.02. The molecule has 1 saturated carbocycles. The summed E-state index contributed by atoms with van der Waals surface area (Å²) in [4.78, 5) is 11.5. The van der Waals surface area contributed by atoms with Crippen LogP contribution in [0.4, 0.5) is 0 Å². The lowest BCUT2D eigenvalue weighted by Gasteiger charge is -2.26. The summed E-state index contributed by atoms with van der Waals surface area (Å²) >= 11 is 0. The third-order valence-corrected chi connectivity index (χ3v) is 6.24. The fraction of sp³-hybridized carbons (Fsp3) is 0.348. The molecule has 0 atom stereocenters. The van der Waals surface area contributed by atoms with E-state index < -0.39 is 5.97 Å². The molecule has 2 aliphatic rings. The zero-order chi connectivity index (χ0) is 17.7. The number of carboxylic acids is 1. The van der Waals surface area contributed by atoms with Gasteiger partial charge in [0.25, 0.3) is 0 Å². The van der Waals surface area contributed by atoms with Crippen molar-refractivity contribution in [2.75, 3.05) is 0 Å². The molecule has 1 N–H and O–H groups in total. The van der Waals surface area contributed by atoms with Crippen molar-refractivity contribution in [3.8, 4) is 11.3 Å². The van der Waals surface area contributed by atoms with E-state index in [1.807, 2.05) is 6.07 Å². The maximum atomic E-state index is 11.5. The van der Waals surface area contributed by atoms with Crippen molar-refractivity contribution < 1.29 is 9.90 Å². The molecule has 26 heavy (non-hydrogen) atoms. The van der Waals surface area contributed by atoms with Crippen molar-refractivity contribution in [3.05, 3.63) is 59.2 Å². The molecule has 5 rings (SSSR count). The molecule has 3 nitrogen and oxygen atoms in total. The van der Waals surface area contributed by atoms with Gasteiger partial charge in [-0.05, 0) is 48.4 Å². The summed E-state index contributed by atoms with van der Waals surface area (Å²) in [6.07, 6.45) is 7.43. The third-order valence-electron chi connectivity index (χ3n) is 6.24. The van der Waals surface area contributed by atoms with Crippen LogP contribution < -0.4 is 0 Å². The SMILES string of the molecule is O=C(O)c1ccc2c(C3CCCCC3)c3n(c2c1)CCc1ccccc1-3. The number of aromatic carboxylic acids is 1. The van der Waals surface area contributed by atoms with Gasteiger partial charge in [0, 0.05) is 23.0 Å². The van der Waals surface area contributed by atoms with E-state index in [1.165, 1.54) is 59.9 Å². The molecule has 132 valence electrons. The van der Waals surface area contributed by atoms with Gasteiger partial charge in [0.1, 0.15) is 0 Å². The Labute approximate surface area is 153 Å². The van der Waals surface area contributed by atoms with Crippen LogP contribution in [0.5, 0.6) is 0 Å². The number of hydrogen-bond donors (Lipinski definition) is 1. The van der Waals surface area contributed by atoms with Gasteiger partial charge in [-0.3, -0.25) is 0 Å². The predicted octanol–water partition coefficient (Wildman–Crippen LogP) is 5.61. The van der Waals surface area contributed by atoms with Gasteiger partial charge in [-0.25, -0.2) is 4.79 Å². The van der Waals surface area contributed by atoms with Crippen LogP contribution in [0, 0.1) is 0 Å². The largest absolute Gasteiger partial charge is 0.478 e. The number of aromatic nitrogens is 1. The molecule has 1 aromatic heterocycles. The number of nitrogens with zero attached hydrogens (tertiary/aromatic N) is 1. The summed E-state index contributed by atoms with van der Waals surface area (Å²) < 4.78 is 2.38. The van der Waals surface area contributed by atoms with Crippen LogP contribution >= 0.6 is 0 Å². The standard InChI is InChI=1S/C23H23NO2/c25-23(26)17-10-11-19-20(14-17)24-13-12-15-6-4-5-9-18(15)22(24)21(19)16-7-2-1-3-8-16/h4-6,9-11,14,16H,1-3,7-8,12-13H2,(H,25,26). The molecule has 0 spiro atoms. The molecule has 1 aliphatic carbocycles. The van der Waals surface area contributed by atoms with E-state index >= 15 is 0 Å². The normalized spacial score (nSPS) is 17.1. The minimum atomic E-state index is -0.849. The van der Waals surface area contributed by atoms with Crippen LogP contribution in [-0.4, -0.2) is 15.6 Å². The van der Waals surface area contributed by atoms with Gasteiger partial charge in [0.15, 0.2) is 0 Å². The van der Waals surface area contributed by atoms with Gasteiger partial charge < -0.3 is 9.67 Å². The van der Waals surface area contributed by atoms with Crippen molar-refractivity contribution in [3.63, 3.8) is 0 Å². The average molecular weight is 345 g/mol. The summed E-state index contributed by atoms with van der Waals surface area (Å²) in [6, 6.07) is 14.4. The minimum absolute atomic E-state index is 0.381. The first-order valence-corrected chi connectivity index (χ1v) is 9.72. The Morgan fingerprint density at radius 2 is 1.85 bits per heavy atom. The molecule has 0 amide bonds.